The maximum absolute atomic E-state index is 5.59. The van der Waals surface area contributed by atoms with E-state index in [0.29, 0.717) is 12.5 Å². The highest BCUT2D eigenvalue weighted by molar-refractivity contribution is 5.59. The number of aromatic nitrogens is 2. The molecular formula is C16H23N3. The number of hydrogen-bond donors (Lipinski definition) is 1. The molecule has 3 heteroatoms. The molecule has 0 bridgehead atoms. The summed E-state index contributed by atoms with van der Waals surface area (Å²) in [6.07, 6.45) is 3.21. The Morgan fingerprint density at radius 3 is 2.47 bits per heavy atom. The van der Waals surface area contributed by atoms with Crippen LogP contribution in [0.15, 0.2) is 30.5 Å². The molecule has 1 heterocycles. The predicted octanol–water partition coefficient (Wildman–Crippen LogP) is 3.02. The van der Waals surface area contributed by atoms with E-state index >= 15 is 0 Å². The molecule has 0 spiro atoms. The monoisotopic (exact) mass is 257 g/mol. The Labute approximate surface area is 115 Å². The molecule has 1 aromatic heterocycles. The van der Waals surface area contributed by atoms with Crippen LogP contribution in [0.3, 0.4) is 0 Å². The number of nitrogens with zero attached hydrogens (tertiary/aromatic N) is 2. The van der Waals surface area contributed by atoms with Crippen molar-refractivity contribution in [3.63, 3.8) is 0 Å². The average molecular weight is 257 g/mol. The minimum absolute atomic E-state index is 0.643. The summed E-state index contributed by atoms with van der Waals surface area (Å²) in [6.45, 7) is 7.97. The van der Waals surface area contributed by atoms with Gasteiger partial charge in [0, 0.05) is 24.8 Å². The van der Waals surface area contributed by atoms with Gasteiger partial charge in [0.15, 0.2) is 0 Å². The molecule has 0 amide bonds. The van der Waals surface area contributed by atoms with Gasteiger partial charge in [-0.15, -0.1) is 0 Å². The maximum atomic E-state index is 5.59. The lowest BCUT2D eigenvalue weighted by Gasteiger charge is -2.05. The first kappa shape index (κ1) is 13.8. The molecule has 0 aliphatic carbocycles. The Hall–Kier alpha value is -1.61. The minimum atomic E-state index is 0.643. The molecule has 0 aliphatic rings. The molecule has 102 valence electrons. The van der Waals surface area contributed by atoms with Crippen molar-refractivity contribution in [2.75, 3.05) is 6.54 Å². The second-order valence-electron chi connectivity index (χ2n) is 5.45. The number of hydrogen-bond acceptors (Lipinski definition) is 2. The van der Waals surface area contributed by atoms with Crippen LogP contribution in [0, 0.1) is 12.8 Å². The van der Waals surface area contributed by atoms with E-state index in [1.807, 2.05) is 6.92 Å². The van der Waals surface area contributed by atoms with Gasteiger partial charge in [-0.2, -0.15) is 0 Å². The number of rotatable bonds is 5. The van der Waals surface area contributed by atoms with E-state index in [-0.39, 0.29) is 0 Å². The molecular weight excluding hydrogens is 234 g/mol. The topological polar surface area (TPSA) is 43.8 Å². The van der Waals surface area contributed by atoms with Gasteiger partial charge in [-0.25, -0.2) is 4.98 Å². The smallest absolute Gasteiger partial charge is 0.106 e. The molecule has 2 rings (SSSR count). The van der Waals surface area contributed by atoms with Crippen LogP contribution in [-0.2, 0) is 13.0 Å². The van der Waals surface area contributed by atoms with Gasteiger partial charge in [0.2, 0.25) is 0 Å². The third kappa shape index (κ3) is 3.44. The highest BCUT2D eigenvalue weighted by atomic mass is 15.1. The molecule has 19 heavy (non-hydrogen) atoms. The molecule has 0 atom stereocenters. The minimum Gasteiger partial charge on any atom is -0.333 e. The molecule has 0 radical (unpaired) electrons. The molecule has 2 aromatic rings. The van der Waals surface area contributed by atoms with E-state index in [2.05, 4.69) is 53.9 Å². The Morgan fingerprint density at radius 1 is 1.21 bits per heavy atom. The number of nitrogens with two attached hydrogens (primary N) is 1. The fraction of sp³-hybridized carbons (Fsp3) is 0.438. The van der Waals surface area contributed by atoms with E-state index in [0.717, 1.165) is 24.5 Å². The standard InChI is InChI=1S/C16H23N3/c1-12(2)10-14-4-6-15(7-5-14)16-11-19(9-8-17)13(3)18-16/h4-7,11-12H,8-10,17H2,1-3H3. The first-order valence-corrected chi connectivity index (χ1v) is 6.93. The fourth-order valence-corrected chi connectivity index (χ4v) is 2.30. The Bertz CT molecular complexity index is 523. The molecule has 0 aliphatic heterocycles. The normalized spacial score (nSPS) is 11.2. The van der Waals surface area contributed by atoms with Gasteiger partial charge in [0.25, 0.3) is 0 Å². The van der Waals surface area contributed by atoms with Crippen LogP contribution in [0.25, 0.3) is 11.3 Å². The van der Waals surface area contributed by atoms with Crippen molar-refractivity contribution in [1.82, 2.24) is 9.55 Å². The van der Waals surface area contributed by atoms with E-state index in [1.165, 1.54) is 11.1 Å². The zero-order valence-electron chi connectivity index (χ0n) is 12.1. The van der Waals surface area contributed by atoms with Gasteiger partial charge in [-0.3, -0.25) is 0 Å². The largest absolute Gasteiger partial charge is 0.333 e. The van der Waals surface area contributed by atoms with Crippen LogP contribution in [0.2, 0.25) is 0 Å². The molecule has 0 unspecified atom stereocenters. The molecule has 3 nitrogen and oxygen atoms in total. The molecule has 2 N–H and O–H groups in total. The number of imidazole rings is 1. The van der Waals surface area contributed by atoms with Gasteiger partial charge in [0.1, 0.15) is 5.82 Å². The summed E-state index contributed by atoms with van der Waals surface area (Å²) in [5.74, 6) is 1.71. The predicted molar refractivity (Wildman–Crippen MR) is 80.0 cm³/mol. The average Bonchev–Trinajstić information content (AvgIpc) is 2.72. The van der Waals surface area contributed by atoms with Crippen molar-refractivity contribution >= 4 is 0 Å². The van der Waals surface area contributed by atoms with Gasteiger partial charge >= 0.3 is 0 Å². The lowest BCUT2D eigenvalue weighted by molar-refractivity contribution is 0.647. The molecule has 0 saturated carbocycles. The van der Waals surface area contributed by atoms with Crippen molar-refractivity contribution in [1.29, 1.82) is 0 Å². The third-order valence-corrected chi connectivity index (χ3v) is 3.24. The number of aryl methyl sites for hydroxylation is 1. The van der Waals surface area contributed by atoms with E-state index in [9.17, 15) is 0 Å². The third-order valence-electron chi connectivity index (χ3n) is 3.24. The van der Waals surface area contributed by atoms with E-state index in [1.54, 1.807) is 0 Å². The van der Waals surface area contributed by atoms with E-state index in [4.69, 9.17) is 5.73 Å². The first-order chi connectivity index (χ1) is 9.10. The van der Waals surface area contributed by atoms with Crippen LogP contribution in [0.1, 0.15) is 25.2 Å². The van der Waals surface area contributed by atoms with Crippen LogP contribution in [0.5, 0.6) is 0 Å². The van der Waals surface area contributed by atoms with Gasteiger partial charge in [-0.05, 0) is 24.8 Å². The summed E-state index contributed by atoms with van der Waals surface area (Å²) in [5, 5.41) is 0. The Morgan fingerprint density at radius 2 is 1.89 bits per heavy atom. The summed E-state index contributed by atoms with van der Waals surface area (Å²) in [4.78, 5) is 4.60. The molecule has 0 fully saturated rings. The van der Waals surface area contributed by atoms with Crippen molar-refractivity contribution in [2.45, 2.75) is 33.7 Å². The quantitative estimate of drug-likeness (QED) is 0.894. The summed E-state index contributed by atoms with van der Waals surface area (Å²) in [7, 11) is 0. The van der Waals surface area contributed by atoms with Crippen LogP contribution in [0.4, 0.5) is 0 Å². The first-order valence-electron chi connectivity index (χ1n) is 6.93. The highest BCUT2D eigenvalue weighted by Crippen LogP contribution is 2.20. The summed E-state index contributed by atoms with van der Waals surface area (Å²) >= 11 is 0. The molecule has 1 aromatic carbocycles. The van der Waals surface area contributed by atoms with Crippen molar-refractivity contribution in [3.8, 4) is 11.3 Å². The van der Waals surface area contributed by atoms with Gasteiger partial charge in [-0.1, -0.05) is 38.1 Å². The van der Waals surface area contributed by atoms with Crippen LogP contribution < -0.4 is 5.73 Å². The number of benzene rings is 1. The fourth-order valence-electron chi connectivity index (χ4n) is 2.30. The van der Waals surface area contributed by atoms with E-state index < -0.39 is 0 Å². The zero-order chi connectivity index (χ0) is 13.8. The Kier molecular flexibility index (Phi) is 4.38. The van der Waals surface area contributed by atoms with Crippen LogP contribution >= 0.6 is 0 Å². The van der Waals surface area contributed by atoms with Crippen LogP contribution in [-0.4, -0.2) is 16.1 Å². The van der Waals surface area contributed by atoms with Gasteiger partial charge < -0.3 is 10.3 Å². The van der Waals surface area contributed by atoms with Crippen molar-refractivity contribution in [2.24, 2.45) is 11.7 Å². The highest BCUT2D eigenvalue weighted by Gasteiger charge is 2.06. The Balaban J connectivity index is 2.19. The lowest BCUT2D eigenvalue weighted by Crippen LogP contribution is -2.10. The SMILES string of the molecule is Cc1nc(-c2ccc(CC(C)C)cc2)cn1CCN. The van der Waals surface area contributed by atoms with Crippen molar-refractivity contribution < 1.29 is 0 Å². The van der Waals surface area contributed by atoms with Crippen molar-refractivity contribution in [3.05, 3.63) is 41.9 Å². The van der Waals surface area contributed by atoms with Gasteiger partial charge in [0.05, 0.1) is 5.69 Å². The molecule has 0 saturated heterocycles. The summed E-state index contributed by atoms with van der Waals surface area (Å²) in [6, 6.07) is 8.72. The lowest BCUT2D eigenvalue weighted by atomic mass is 10.0. The zero-order valence-corrected chi connectivity index (χ0v) is 12.1. The second-order valence-corrected chi connectivity index (χ2v) is 5.45. The summed E-state index contributed by atoms with van der Waals surface area (Å²) in [5.41, 5.74) is 9.18. The summed E-state index contributed by atoms with van der Waals surface area (Å²) < 4.78 is 2.11. The maximum Gasteiger partial charge on any atom is 0.106 e. The second kappa shape index (κ2) is 6.02.